The van der Waals surface area contributed by atoms with Crippen molar-refractivity contribution in [1.82, 2.24) is 9.80 Å². The minimum Gasteiger partial charge on any atom is -0.345 e. The van der Waals surface area contributed by atoms with Crippen LogP contribution in [0.5, 0.6) is 0 Å². The fraction of sp³-hybridized carbons (Fsp3) is 0.600. The normalized spacial score (nSPS) is 11.5. The summed E-state index contributed by atoms with van der Waals surface area (Å²) >= 11 is 0. The van der Waals surface area contributed by atoms with Crippen LogP contribution in [0.3, 0.4) is 0 Å². The van der Waals surface area contributed by atoms with Gasteiger partial charge < -0.3 is 9.80 Å². The molecule has 0 heterocycles. The Kier molecular flexibility index (Phi) is 7.46. The molecule has 0 fully saturated rings. The predicted molar refractivity (Wildman–Crippen MR) is 98.5 cm³/mol. The van der Waals surface area contributed by atoms with E-state index in [-0.39, 0.29) is 17.9 Å². The molecule has 0 radical (unpaired) electrons. The van der Waals surface area contributed by atoms with Crippen LogP contribution in [0.1, 0.15) is 53.0 Å². The number of hydrogen-bond acceptors (Lipinski definition) is 2. The van der Waals surface area contributed by atoms with Crippen molar-refractivity contribution < 1.29 is 9.59 Å². The zero-order valence-corrected chi connectivity index (χ0v) is 16.0. The number of carbonyl (C=O) groups is 2. The Labute approximate surface area is 146 Å². The molecule has 0 aliphatic rings. The summed E-state index contributed by atoms with van der Waals surface area (Å²) < 4.78 is 0. The lowest BCUT2D eigenvalue weighted by molar-refractivity contribution is -0.155. The van der Waals surface area contributed by atoms with Gasteiger partial charge in [-0.3, -0.25) is 9.59 Å². The molecule has 24 heavy (non-hydrogen) atoms. The lowest BCUT2D eigenvalue weighted by atomic mass is 9.88. The lowest BCUT2D eigenvalue weighted by Gasteiger charge is -2.36. The molecule has 2 amide bonds. The second-order valence-electron chi connectivity index (χ2n) is 7.22. The molecule has 0 saturated heterocycles. The van der Waals surface area contributed by atoms with Gasteiger partial charge in [-0.15, -0.1) is 0 Å². The molecule has 0 aromatic heterocycles. The maximum atomic E-state index is 13.1. The van der Waals surface area contributed by atoms with E-state index in [1.807, 2.05) is 44.2 Å². The molecule has 4 heteroatoms. The summed E-state index contributed by atoms with van der Waals surface area (Å²) in [6.45, 7) is 10.7. The number of benzene rings is 1. The number of hydrogen-bond donors (Lipinski definition) is 0. The van der Waals surface area contributed by atoms with Crippen LogP contribution in [0.2, 0.25) is 0 Å². The molecule has 4 nitrogen and oxygen atoms in total. The molecule has 0 bridgehead atoms. The summed E-state index contributed by atoms with van der Waals surface area (Å²) in [5.41, 5.74) is 0.0174. The van der Waals surface area contributed by atoms with E-state index in [0.717, 1.165) is 18.4 Å². The van der Waals surface area contributed by atoms with E-state index in [2.05, 4.69) is 6.92 Å². The fourth-order valence-electron chi connectivity index (χ4n) is 2.69. The fourth-order valence-corrected chi connectivity index (χ4v) is 2.69. The topological polar surface area (TPSA) is 40.6 Å². The third-order valence-electron chi connectivity index (χ3n) is 4.34. The van der Waals surface area contributed by atoms with E-state index in [1.54, 1.807) is 30.7 Å². The van der Waals surface area contributed by atoms with E-state index in [1.165, 1.54) is 0 Å². The number of rotatable bonds is 8. The first-order valence-electron chi connectivity index (χ1n) is 8.82. The van der Waals surface area contributed by atoms with Gasteiger partial charge in [0.2, 0.25) is 11.8 Å². The van der Waals surface area contributed by atoms with Gasteiger partial charge in [0.15, 0.2) is 0 Å². The van der Waals surface area contributed by atoms with Crippen molar-refractivity contribution in [3.63, 3.8) is 0 Å². The highest BCUT2D eigenvalue weighted by molar-refractivity contribution is 6.04. The van der Waals surface area contributed by atoms with Crippen LogP contribution < -0.4 is 0 Å². The predicted octanol–water partition coefficient (Wildman–Crippen LogP) is 3.71. The third kappa shape index (κ3) is 5.08. The SMILES string of the molecule is CCCCN(C)C(=O)C(C)(C)C(=O)N(Cc1ccccc1)C(C)C. The van der Waals surface area contributed by atoms with Gasteiger partial charge in [-0.2, -0.15) is 0 Å². The van der Waals surface area contributed by atoms with Gasteiger partial charge in [0.25, 0.3) is 0 Å². The van der Waals surface area contributed by atoms with Gasteiger partial charge in [-0.1, -0.05) is 43.7 Å². The molecule has 0 aliphatic carbocycles. The number of unbranched alkanes of at least 4 members (excludes halogenated alkanes) is 1. The minimum atomic E-state index is -1.05. The molecule has 0 N–H and O–H groups in total. The van der Waals surface area contributed by atoms with Crippen molar-refractivity contribution >= 4 is 11.8 Å². The average molecular weight is 332 g/mol. The van der Waals surface area contributed by atoms with E-state index >= 15 is 0 Å². The van der Waals surface area contributed by atoms with Gasteiger partial charge >= 0.3 is 0 Å². The lowest BCUT2D eigenvalue weighted by Crippen LogP contribution is -2.51. The van der Waals surface area contributed by atoms with Crippen molar-refractivity contribution in [2.75, 3.05) is 13.6 Å². The molecule has 0 atom stereocenters. The van der Waals surface area contributed by atoms with Crippen LogP contribution in [-0.2, 0) is 16.1 Å². The largest absolute Gasteiger partial charge is 0.345 e. The summed E-state index contributed by atoms with van der Waals surface area (Å²) in [7, 11) is 1.78. The molecule has 0 aliphatic heterocycles. The van der Waals surface area contributed by atoms with Gasteiger partial charge in [-0.25, -0.2) is 0 Å². The Morgan fingerprint density at radius 2 is 1.67 bits per heavy atom. The minimum absolute atomic E-state index is 0.0331. The van der Waals surface area contributed by atoms with Crippen molar-refractivity contribution in [3.8, 4) is 0 Å². The van der Waals surface area contributed by atoms with E-state index in [0.29, 0.717) is 13.1 Å². The van der Waals surface area contributed by atoms with Crippen molar-refractivity contribution in [2.45, 2.75) is 60.0 Å². The van der Waals surface area contributed by atoms with Gasteiger partial charge in [0.05, 0.1) is 0 Å². The van der Waals surface area contributed by atoms with Gasteiger partial charge in [-0.05, 0) is 39.7 Å². The Bertz CT molecular complexity index is 538. The number of carbonyl (C=O) groups excluding carboxylic acids is 2. The molecule has 0 spiro atoms. The smallest absolute Gasteiger partial charge is 0.238 e. The van der Waals surface area contributed by atoms with Crippen LogP contribution in [0.4, 0.5) is 0 Å². The zero-order valence-electron chi connectivity index (χ0n) is 16.0. The molecule has 0 unspecified atom stereocenters. The summed E-state index contributed by atoms with van der Waals surface area (Å²) in [5, 5.41) is 0. The van der Waals surface area contributed by atoms with Crippen LogP contribution in [0, 0.1) is 5.41 Å². The molecule has 0 saturated carbocycles. The standard InChI is InChI=1S/C20H32N2O2/c1-7-8-14-21(6)18(23)20(4,5)19(24)22(16(2)3)15-17-12-10-9-11-13-17/h9-13,16H,7-8,14-15H2,1-6H3. The molecular formula is C20H32N2O2. The van der Waals surface area contributed by atoms with E-state index < -0.39 is 5.41 Å². The second kappa shape index (κ2) is 8.86. The number of amides is 2. The molecule has 134 valence electrons. The van der Waals surface area contributed by atoms with Gasteiger partial charge in [0.1, 0.15) is 5.41 Å². The van der Waals surface area contributed by atoms with Crippen molar-refractivity contribution in [1.29, 1.82) is 0 Å². The highest BCUT2D eigenvalue weighted by Crippen LogP contribution is 2.25. The first kappa shape index (κ1) is 20.2. The second-order valence-corrected chi connectivity index (χ2v) is 7.22. The van der Waals surface area contributed by atoms with Crippen molar-refractivity contribution in [3.05, 3.63) is 35.9 Å². The monoisotopic (exact) mass is 332 g/mol. The maximum absolute atomic E-state index is 13.1. The zero-order chi connectivity index (χ0) is 18.3. The van der Waals surface area contributed by atoms with Crippen LogP contribution in [-0.4, -0.2) is 41.2 Å². The molecular weight excluding hydrogens is 300 g/mol. The summed E-state index contributed by atoms with van der Waals surface area (Å²) in [6, 6.07) is 9.93. The molecule has 1 aromatic rings. The summed E-state index contributed by atoms with van der Waals surface area (Å²) in [4.78, 5) is 29.4. The average Bonchev–Trinajstić information content (AvgIpc) is 2.56. The first-order valence-corrected chi connectivity index (χ1v) is 8.82. The van der Waals surface area contributed by atoms with E-state index in [4.69, 9.17) is 0 Å². The number of nitrogens with zero attached hydrogens (tertiary/aromatic N) is 2. The van der Waals surface area contributed by atoms with Crippen LogP contribution in [0.25, 0.3) is 0 Å². The highest BCUT2D eigenvalue weighted by atomic mass is 16.2. The first-order chi connectivity index (χ1) is 11.2. The van der Waals surface area contributed by atoms with Gasteiger partial charge in [0, 0.05) is 26.2 Å². The maximum Gasteiger partial charge on any atom is 0.238 e. The van der Waals surface area contributed by atoms with Crippen LogP contribution >= 0.6 is 0 Å². The Hall–Kier alpha value is -1.84. The molecule has 1 rings (SSSR count). The Balaban J connectivity index is 2.93. The third-order valence-corrected chi connectivity index (χ3v) is 4.34. The Morgan fingerprint density at radius 1 is 1.08 bits per heavy atom. The van der Waals surface area contributed by atoms with Crippen molar-refractivity contribution in [2.24, 2.45) is 5.41 Å². The molecule has 1 aromatic carbocycles. The quantitative estimate of drug-likeness (QED) is 0.681. The Morgan fingerprint density at radius 3 is 2.17 bits per heavy atom. The summed E-state index contributed by atoms with van der Waals surface area (Å²) in [5.74, 6) is -0.227. The highest BCUT2D eigenvalue weighted by Gasteiger charge is 2.41. The van der Waals surface area contributed by atoms with Crippen LogP contribution in [0.15, 0.2) is 30.3 Å². The summed E-state index contributed by atoms with van der Waals surface area (Å²) in [6.07, 6.45) is 1.97. The van der Waals surface area contributed by atoms with E-state index in [9.17, 15) is 9.59 Å².